The molecular formula is C11H12FNO2S. The van der Waals surface area contributed by atoms with Crippen molar-refractivity contribution in [3.05, 3.63) is 35.0 Å². The van der Waals surface area contributed by atoms with Crippen LogP contribution >= 0.6 is 0 Å². The first-order valence-electron chi connectivity index (χ1n) is 5.01. The highest BCUT2D eigenvalue weighted by Gasteiger charge is 2.26. The monoisotopic (exact) mass is 241 g/mol. The van der Waals surface area contributed by atoms with Gasteiger partial charge in [0.1, 0.15) is 5.82 Å². The molecule has 86 valence electrons. The summed E-state index contributed by atoms with van der Waals surface area (Å²) in [5, 5.41) is 4.24. The first-order valence-corrected chi connectivity index (χ1v) is 6.55. The summed E-state index contributed by atoms with van der Waals surface area (Å²) in [7, 11) is -3.37. The van der Waals surface area contributed by atoms with Crippen molar-refractivity contribution in [2.24, 2.45) is 0 Å². The Labute approximate surface area is 93.9 Å². The van der Waals surface area contributed by atoms with E-state index >= 15 is 0 Å². The maximum absolute atomic E-state index is 13.1. The first kappa shape index (κ1) is 11.3. The van der Waals surface area contributed by atoms with Gasteiger partial charge in [0.05, 0.1) is 4.90 Å². The zero-order chi connectivity index (χ0) is 11.8. The fourth-order valence-corrected chi connectivity index (χ4v) is 3.18. The SMILES string of the molecule is CCNCC1=CS(=O)(=O)c2ccc(F)cc21. The van der Waals surface area contributed by atoms with Gasteiger partial charge in [-0.1, -0.05) is 6.92 Å². The average molecular weight is 241 g/mol. The largest absolute Gasteiger partial charge is 0.313 e. The van der Waals surface area contributed by atoms with Crippen molar-refractivity contribution in [3.63, 3.8) is 0 Å². The second kappa shape index (κ2) is 3.99. The number of hydrogen-bond donors (Lipinski definition) is 1. The molecular weight excluding hydrogens is 229 g/mol. The standard InChI is InChI=1S/C11H12FNO2S/c1-2-13-6-8-7-16(14,15)11-4-3-9(12)5-10(8)11/h3-5,7,13H,2,6H2,1H3. The third kappa shape index (κ3) is 1.88. The number of benzene rings is 1. The molecule has 1 N–H and O–H groups in total. The summed E-state index contributed by atoms with van der Waals surface area (Å²) in [5.74, 6) is -0.418. The van der Waals surface area contributed by atoms with Crippen LogP contribution in [0.25, 0.3) is 5.57 Å². The molecule has 1 aromatic rings. The van der Waals surface area contributed by atoms with Crippen LogP contribution in [0.2, 0.25) is 0 Å². The maximum Gasteiger partial charge on any atom is 0.200 e. The van der Waals surface area contributed by atoms with Crippen LogP contribution in [-0.4, -0.2) is 21.5 Å². The minimum Gasteiger partial charge on any atom is -0.313 e. The Kier molecular flexibility index (Phi) is 2.82. The Balaban J connectivity index is 2.49. The lowest BCUT2D eigenvalue weighted by molar-refractivity contribution is 0.604. The van der Waals surface area contributed by atoms with Crippen LogP contribution in [0.4, 0.5) is 4.39 Å². The van der Waals surface area contributed by atoms with E-state index in [2.05, 4.69) is 5.32 Å². The number of sulfone groups is 1. The minimum atomic E-state index is -3.37. The molecule has 0 aliphatic carbocycles. The number of fused-ring (bicyclic) bond motifs is 1. The lowest BCUT2D eigenvalue weighted by Crippen LogP contribution is -2.14. The van der Waals surface area contributed by atoms with E-state index in [-0.39, 0.29) is 4.90 Å². The molecule has 16 heavy (non-hydrogen) atoms. The summed E-state index contributed by atoms with van der Waals surface area (Å²) in [5.41, 5.74) is 1.09. The summed E-state index contributed by atoms with van der Waals surface area (Å²) < 4.78 is 36.5. The minimum absolute atomic E-state index is 0.196. The highest BCUT2D eigenvalue weighted by molar-refractivity contribution is 7.95. The Morgan fingerprint density at radius 1 is 1.38 bits per heavy atom. The van der Waals surface area contributed by atoms with Crippen LogP contribution in [0.5, 0.6) is 0 Å². The molecule has 0 amide bonds. The van der Waals surface area contributed by atoms with Crippen LogP contribution in [-0.2, 0) is 9.84 Å². The van der Waals surface area contributed by atoms with Crippen LogP contribution in [0.3, 0.4) is 0 Å². The van der Waals surface area contributed by atoms with Gasteiger partial charge < -0.3 is 5.32 Å². The Morgan fingerprint density at radius 2 is 2.12 bits per heavy atom. The lowest BCUT2D eigenvalue weighted by atomic mass is 10.1. The summed E-state index contributed by atoms with van der Waals surface area (Å²) >= 11 is 0. The second-order valence-corrected chi connectivity index (χ2v) is 5.37. The van der Waals surface area contributed by atoms with Crippen molar-refractivity contribution < 1.29 is 12.8 Å². The summed E-state index contributed by atoms with van der Waals surface area (Å²) in [6.07, 6.45) is 0. The number of likely N-dealkylation sites (N-methyl/N-ethyl adjacent to an activating group) is 1. The van der Waals surface area contributed by atoms with Crippen LogP contribution in [0, 0.1) is 5.82 Å². The molecule has 1 aliphatic rings. The fraction of sp³-hybridized carbons (Fsp3) is 0.273. The molecule has 0 atom stereocenters. The normalized spacial score (nSPS) is 17.0. The Hall–Kier alpha value is -1.20. The number of rotatable bonds is 3. The molecule has 0 saturated heterocycles. The van der Waals surface area contributed by atoms with Crippen LogP contribution < -0.4 is 5.32 Å². The van der Waals surface area contributed by atoms with Gasteiger partial charge in [0, 0.05) is 17.5 Å². The molecule has 0 spiro atoms. The van der Waals surface area contributed by atoms with E-state index in [1.54, 1.807) is 0 Å². The molecule has 2 rings (SSSR count). The van der Waals surface area contributed by atoms with Gasteiger partial charge in [-0.2, -0.15) is 0 Å². The molecule has 0 saturated carbocycles. The van der Waals surface area contributed by atoms with Crippen molar-refractivity contribution in [2.75, 3.05) is 13.1 Å². The molecule has 0 unspecified atom stereocenters. The zero-order valence-electron chi connectivity index (χ0n) is 8.83. The number of nitrogens with one attached hydrogen (secondary N) is 1. The molecule has 1 aromatic carbocycles. The molecule has 1 aliphatic heterocycles. The van der Waals surface area contributed by atoms with Gasteiger partial charge in [0.25, 0.3) is 0 Å². The van der Waals surface area contributed by atoms with E-state index in [9.17, 15) is 12.8 Å². The third-order valence-corrected chi connectivity index (χ3v) is 4.02. The molecule has 0 radical (unpaired) electrons. The maximum atomic E-state index is 13.1. The van der Waals surface area contributed by atoms with E-state index in [1.165, 1.54) is 23.6 Å². The van der Waals surface area contributed by atoms with Crippen molar-refractivity contribution in [3.8, 4) is 0 Å². The van der Waals surface area contributed by atoms with Crippen LogP contribution in [0.1, 0.15) is 12.5 Å². The van der Waals surface area contributed by atoms with Gasteiger partial charge in [-0.25, -0.2) is 12.8 Å². The van der Waals surface area contributed by atoms with Gasteiger partial charge in [-0.15, -0.1) is 0 Å². The zero-order valence-corrected chi connectivity index (χ0v) is 9.64. The van der Waals surface area contributed by atoms with Crippen LogP contribution in [0.15, 0.2) is 28.5 Å². The van der Waals surface area contributed by atoms with E-state index in [0.717, 1.165) is 6.54 Å². The van der Waals surface area contributed by atoms with Gasteiger partial charge in [0.2, 0.25) is 9.84 Å². The molecule has 0 aromatic heterocycles. The van der Waals surface area contributed by atoms with Crippen molar-refractivity contribution in [2.45, 2.75) is 11.8 Å². The summed E-state index contributed by atoms with van der Waals surface area (Å²) in [4.78, 5) is 0.196. The molecule has 5 heteroatoms. The van der Waals surface area contributed by atoms with Crippen molar-refractivity contribution >= 4 is 15.4 Å². The first-order chi connectivity index (χ1) is 7.54. The van der Waals surface area contributed by atoms with Gasteiger partial charge >= 0.3 is 0 Å². The van der Waals surface area contributed by atoms with Crippen molar-refractivity contribution in [1.82, 2.24) is 5.32 Å². The quantitative estimate of drug-likeness (QED) is 0.817. The molecule has 1 heterocycles. The molecule has 3 nitrogen and oxygen atoms in total. The van der Waals surface area contributed by atoms with Crippen molar-refractivity contribution in [1.29, 1.82) is 0 Å². The smallest absolute Gasteiger partial charge is 0.200 e. The third-order valence-electron chi connectivity index (χ3n) is 2.46. The average Bonchev–Trinajstić information content (AvgIpc) is 2.47. The summed E-state index contributed by atoms with van der Waals surface area (Å²) in [6.45, 7) is 3.10. The summed E-state index contributed by atoms with van der Waals surface area (Å²) in [6, 6.07) is 3.75. The topological polar surface area (TPSA) is 46.2 Å². The fourth-order valence-electron chi connectivity index (χ4n) is 1.71. The predicted octanol–water partition coefficient (Wildman–Crippen LogP) is 1.56. The number of hydrogen-bond acceptors (Lipinski definition) is 3. The van der Waals surface area contributed by atoms with E-state index in [4.69, 9.17) is 0 Å². The molecule has 0 fully saturated rings. The second-order valence-electron chi connectivity index (χ2n) is 3.61. The van der Waals surface area contributed by atoms with Gasteiger partial charge in [-0.05, 0) is 30.3 Å². The van der Waals surface area contributed by atoms with E-state index in [1.807, 2.05) is 6.92 Å². The lowest BCUT2D eigenvalue weighted by Gasteiger charge is -2.04. The Morgan fingerprint density at radius 3 is 2.81 bits per heavy atom. The Bertz CT molecular complexity index is 549. The van der Waals surface area contributed by atoms with Gasteiger partial charge in [-0.3, -0.25) is 0 Å². The predicted molar refractivity (Wildman–Crippen MR) is 60.1 cm³/mol. The highest BCUT2D eigenvalue weighted by Crippen LogP contribution is 2.33. The molecule has 0 bridgehead atoms. The number of halogens is 1. The van der Waals surface area contributed by atoms with E-state index < -0.39 is 15.7 Å². The van der Waals surface area contributed by atoms with Gasteiger partial charge in [0.15, 0.2) is 0 Å². The van der Waals surface area contributed by atoms with E-state index in [0.29, 0.717) is 17.7 Å². The highest BCUT2D eigenvalue weighted by atomic mass is 32.2.